The minimum absolute atomic E-state index is 0.0233. The molecule has 0 aliphatic carbocycles. The van der Waals surface area contributed by atoms with E-state index in [1.807, 2.05) is 34.9 Å². The number of benzene rings is 2. The molecule has 2 bridgehead atoms. The second-order valence-corrected chi connectivity index (χ2v) is 12.0. The van der Waals surface area contributed by atoms with Crippen molar-refractivity contribution in [1.29, 1.82) is 0 Å². The first-order valence-corrected chi connectivity index (χ1v) is 15.5. The quantitative estimate of drug-likeness (QED) is 0.241. The van der Waals surface area contributed by atoms with Crippen LogP contribution in [0.15, 0.2) is 86.8 Å². The number of piperidine rings is 1. The summed E-state index contributed by atoms with van der Waals surface area (Å²) in [6.07, 6.45) is 1.59. The number of methoxy groups -OCH3 is 2. The highest BCUT2D eigenvalue weighted by Crippen LogP contribution is 2.37. The molecule has 1 N–H and O–H groups in total. The summed E-state index contributed by atoms with van der Waals surface area (Å²) in [5, 5.41) is 10.9. The Morgan fingerprint density at radius 1 is 0.978 bits per heavy atom. The van der Waals surface area contributed by atoms with Crippen LogP contribution in [0.1, 0.15) is 53.0 Å². The number of esters is 1. The number of aromatic hydroxyl groups is 1. The van der Waals surface area contributed by atoms with Gasteiger partial charge in [-0.05, 0) is 53.8 Å². The summed E-state index contributed by atoms with van der Waals surface area (Å²) in [6.45, 7) is 2.96. The molecule has 1 saturated heterocycles. The fourth-order valence-corrected chi connectivity index (χ4v) is 6.70. The monoisotopic (exact) mass is 626 g/mol. The van der Waals surface area contributed by atoms with Gasteiger partial charge in [-0.25, -0.2) is 0 Å². The van der Waals surface area contributed by atoms with E-state index in [9.17, 15) is 19.5 Å². The minimum Gasteiger partial charge on any atom is -0.502 e. The van der Waals surface area contributed by atoms with Crippen LogP contribution < -0.4 is 20.5 Å². The zero-order valence-corrected chi connectivity index (χ0v) is 26.0. The number of ether oxygens (including phenoxy) is 3. The van der Waals surface area contributed by atoms with E-state index in [1.54, 1.807) is 43.5 Å². The molecular weight excluding hydrogens is 588 g/mol. The molecule has 0 unspecified atom stereocenters. The second kappa shape index (κ2) is 13.7. The van der Waals surface area contributed by atoms with Crippen LogP contribution in [0.4, 0.5) is 0 Å². The topological polar surface area (TPSA) is 120 Å². The summed E-state index contributed by atoms with van der Waals surface area (Å²) in [4.78, 5) is 40.2. The van der Waals surface area contributed by atoms with Crippen molar-refractivity contribution in [2.45, 2.75) is 44.2 Å². The highest BCUT2D eigenvalue weighted by atomic mass is 16.5. The molecule has 6 rings (SSSR count). The van der Waals surface area contributed by atoms with Gasteiger partial charge >= 0.3 is 5.97 Å². The Morgan fingerprint density at radius 2 is 1.74 bits per heavy atom. The molecule has 4 heterocycles. The van der Waals surface area contributed by atoms with E-state index in [0.717, 1.165) is 30.0 Å². The molecule has 0 saturated carbocycles. The first-order valence-electron chi connectivity index (χ1n) is 15.5. The third kappa shape index (κ3) is 6.87. The molecule has 10 nitrogen and oxygen atoms in total. The maximum Gasteiger partial charge on any atom is 0.306 e. The zero-order valence-electron chi connectivity index (χ0n) is 26.0. The summed E-state index contributed by atoms with van der Waals surface area (Å²) in [5.74, 6) is 0.588. The number of pyridine rings is 1. The van der Waals surface area contributed by atoms with Gasteiger partial charge in [0, 0.05) is 49.8 Å². The number of rotatable bonds is 11. The van der Waals surface area contributed by atoms with Crippen LogP contribution in [0.3, 0.4) is 0 Å². The van der Waals surface area contributed by atoms with Gasteiger partial charge in [-0.2, -0.15) is 0 Å². The van der Waals surface area contributed by atoms with Crippen LogP contribution in [0, 0.1) is 5.92 Å². The zero-order chi connectivity index (χ0) is 32.2. The Balaban J connectivity index is 1.19. The highest BCUT2D eigenvalue weighted by molar-refractivity contribution is 5.71. The summed E-state index contributed by atoms with van der Waals surface area (Å²) >= 11 is 0. The van der Waals surface area contributed by atoms with Crippen LogP contribution in [0.2, 0.25) is 0 Å². The van der Waals surface area contributed by atoms with Crippen molar-refractivity contribution in [3.05, 3.63) is 122 Å². The number of fused-ring (bicyclic) bond motifs is 4. The van der Waals surface area contributed by atoms with Crippen LogP contribution in [0.25, 0.3) is 0 Å². The number of aromatic nitrogens is 1. The van der Waals surface area contributed by atoms with E-state index in [2.05, 4.69) is 4.90 Å². The van der Waals surface area contributed by atoms with Crippen molar-refractivity contribution in [2.24, 2.45) is 5.92 Å². The van der Waals surface area contributed by atoms with E-state index in [-0.39, 0.29) is 23.7 Å². The molecule has 2 aliphatic rings. The van der Waals surface area contributed by atoms with Gasteiger partial charge < -0.3 is 28.3 Å². The van der Waals surface area contributed by atoms with Gasteiger partial charge in [-0.3, -0.25) is 19.3 Å². The summed E-state index contributed by atoms with van der Waals surface area (Å²) in [5.41, 5.74) is 2.28. The Labute approximate surface area is 266 Å². The molecule has 10 heteroatoms. The SMILES string of the molecule is COC(=O)C[C@H](c1ccc(OCCc2ccc(OC)cc2)cc1)c1oc(CN2C[C@H]3C[C@@H](C2)c2cccc(=O)n2C3)cc(=O)c1O. The molecule has 0 amide bonds. The lowest BCUT2D eigenvalue weighted by Gasteiger charge is -2.42. The maximum atomic E-state index is 13.0. The van der Waals surface area contributed by atoms with E-state index >= 15 is 0 Å². The van der Waals surface area contributed by atoms with Crippen LogP contribution in [0.5, 0.6) is 17.2 Å². The third-order valence-corrected chi connectivity index (χ3v) is 8.95. The number of nitrogens with zero attached hydrogens (tertiary/aromatic N) is 2. The van der Waals surface area contributed by atoms with Gasteiger partial charge in [-0.1, -0.05) is 30.3 Å². The fraction of sp³-hybridized carbons (Fsp3) is 0.361. The van der Waals surface area contributed by atoms with Gasteiger partial charge in [0.15, 0.2) is 5.76 Å². The van der Waals surface area contributed by atoms with Gasteiger partial charge in [0.2, 0.25) is 11.2 Å². The third-order valence-electron chi connectivity index (χ3n) is 8.95. The molecule has 1 fully saturated rings. The van der Waals surface area contributed by atoms with E-state index in [1.165, 1.54) is 13.2 Å². The predicted octanol–water partition coefficient (Wildman–Crippen LogP) is 4.45. The molecule has 240 valence electrons. The maximum absolute atomic E-state index is 13.0. The average molecular weight is 627 g/mol. The number of carbonyl (C=O) groups is 1. The molecule has 0 radical (unpaired) electrons. The molecular formula is C36H38N2O8. The predicted molar refractivity (Wildman–Crippen MR) is 171 cm³/mol. The van der Waals surface area contributed by atoms with E-state index < -0.39 is 23.1 Å². The molecule has 4 aromatic rings. The number of likely N-dealkylation sites (tertiary alicyclic amines) is 1. The second-order valence-electron chi connectivity index (χ2n) is 12.0. The summed E-state index contributed by atoms with van der Waals surface area (Å²) in [7, 11) is 2.93. The normalized spacial score (nSPS) is 18.0. The van der Waals surface area contributed by atoms with E-state index in [0.29, 0.717) is 55.7 Å². The van der Waals surface area contributed by atoms with Crippen LogP contribution >= 0.6 is 0 Å². The highest BCUT2D eigenvalue weighted by Gasteiger charge is 2.35. The van der Waals surface area contributed by atoms with Crippen molar-refractivity contribution >= 4 is 5.97 Å². The average Bonchev–Trinajstić information content (AvgIpc) is 3.06. The lowest BCUT2D eigenvalue weighted by atomic mass is 9.83. The molecule has 3 atom stereocenters. The van der Waals surface area contributed by atoms with Gasteiger partial charge in [0.1, 0.15) is 17.3 Å². The first kappa shape index (κ1) is 31.2. The number of hydrogen-bond donors (Lipinski definition) is 1. The standard InChI is InChI=1S/C36H38N2O8/c1-43-27-10-6-23(7-11-27)14-15-45-28-12-8-25(9-13-28)30(18-34(41)44-2)36-35(42)32(39)17-29(46-36)22-37-19-24-16-26(21-37)31-4-3-5-33(40)38(31)20-24/h3-13,17,24,26,30,42H,14-16,18-22H2,1-2H3/t24-,26+,30-/m1/s1. The van der Waals surface area contributed by atoms with Crippen molar-refractivity contribution in [1.82, 2.24) is 9.47 Å². The fourth-order valence-electron chi connectivity index (χ4n) is 6.70. The Hall–Kier alpha value is -4.83. The van der Waals surface area contributed by atoms with Crippen LogP contribution in [-0.4, -0.2) is 54.5 Å². The smallest absolute Gasteiger partial charge is 0.306 e. The molecule has 2 aromatic carbocycles. The summed E-state index contributed by atoms with van der Waals surface area (Å²) < 4.78 is 24.2. The van der Waals surface area contributed by atoms with Gasteiger partial charge in [0.25, 0.3) is 5.56 Å². The molecule has 2 aromatic heterocycles. The van der Waals surface area contributed by atoms with Crippen molar-refractivity contribution in [3.8, 4) is 17.2 Å². The largest absolute Gasteiger partial charge is 0.502 e. The van der Waals surface area contributed by atoms with E-state index in [4.69, 9.17) is 18.6 Å². The number of hydrogen-bond acceptors (Lipinski definition) is 9. The lowest BCUT2D eigenvalue weighted by Crippen LogP contribution is -2.46. The van der Waals surface area contributed by atoms with Crippen molar-refractivity contribution in [3.63, 3.8) is 0 Å². The van der Waals surface area contributed by atoms with Gasteiger partial charge in [0.05, 0.1) is 39.7 Å². The molecule has 2 aliphatic heterocycles. The minimum atomic E-state index is -0.757. The summed E-state index contributed by atoms with van der Waals surface area (Å²) in [6, 6.07) is 21.7. The Bertz CT molecular complexity index is 1790. The Morgan fingerprint density at radius 3 is 2.48 bits per heavy atom. The van der Waals surface area contributed by atoms with Crippen LogP contribution in [-0.2, 0) is 29.0 Å². The lowest BCUT2D eigenvalue weighted by molar-refractivity contribution is -0.140. The molecule has 46 heavy (non-hydrogen) atoms. The Kier molecular flexibility index (Phi) is 9.25. The van der Waals surface area contributed by atoms with Crippen molar-refractivity contribution in [2.75, 3.05) is 33.9 Å². The first-order chi connectivity index (χ1) is 22.3. The van der Waals surface area contributed by atoms with Gasteiger partial charge in [-0.15, -0.1) is 0 Å². The van der Waals surface area contributed by atoms with Crippen molar-refractivity contribution < 1.29 is 28.5 Å². The molecule has 0 spiro atoms. The number of carbonyl (C=O) groups excluding carboxylic acids is 1.